The summed E-state index contributed by atoms with van der Waals surface area (Å²) in [5.41, 5.74) is 10.4. The van der Waals surface area contributed by atoms with Crippen LogP contribution in [0.5, 0.6) is 0 Å². The van der Waals surface area contributed by atoms with E-state index in [1.807, 2.05) is 32.9 Å². The van der Waals surface area contributed by atoms with Crippen molar-refractivity contribution in [1.29, 1.82) is 0 Å². The van der Waals surface area contributed by atoms with Crippen LogP contribution < -0.4 is 5.73 Å². The summed E-state index contributed by atoms with van der Waals surface area (Å²) in [4.78, 5) is 36.2. The number of ether oxygens (including phenoxy) is 1. The van der Waals surface area contributed by atoms with Gasteiger partial charge in [-0.25, -0.2) is 0 Å². The summed E-state index contributed by atoms with van der Waals surface area (Å²) >= 11 is 0. The van der Waals surface area contributed by atoms with Gasteiger partial charge in [-0.15, -0.1) is 0 Å². The quantitative estimate of drug-likeness (QED) is 0.677. The van der Waals surface area contributed by atoms with Crippen LogP contribution in [0.1, 0.15) is 56.6 Å². The number of fused-ring (bicyclic) bond motifs is 1. The van der Waals surface area contributed by atoms with Gasteiger partial charge in [0.25, 0.3) is 0 Å². The highest BCUT2D eigenvalue weighted by molar-refractivity contribution is 6.06. The van der Waals surface area contributed by atoms with Crippen LogP contribution in [0.3, 0.4) is 0 Å². The second-order valence-corrected chi connectivity index (χ2v) is 6.70. The van der Waals surface area contributed by atoms with Crippen LogP contribution in [-0.4, -0.2) is 17.7 Å². The predicted molar refractivity (Wildman–Crippen MR) is 96.8 cm³/mol. The first kappa shape index (κ1) is 17.9. The number of hydrogen-bond acceptors (Lipinski definition) is 4. The maximum Gasteiger partial charge on any atom is 0.315 e. The minimum atomic E-state index is -0.758. The Morgan fingerprint density at radius 2 is 1.69 bits per heavy atom. The molecule has 0 bridgehead atoms. The number of hydrogen-bond donors (Lipinski definition) is 1. The third-order valence-corrected chi connectivity index (χ3v) is 5.13. The van der Waals surface area contributed by atoms with E-state index in [4.69, 9.17) is 10.5 Å². The lowest BCUT2D eigenvalue weighted by Crippen LogP contribution is -2.23. The van der Waals surface area contributed by atoms with Crippen LogP contribution >= 0.6 is 0 Å². The smallest absolute Gasteiger partial charge is 0.315 e. The normalized spacial score (nSPS) is 18.5. The Hall–Kier alpha value is -2.95. The summed E-state index contributed by atoms with van der Waals surface area (Å²) in [5, 5.41) is 0. The summed E-state index contributed by atoms with van der Waals surface area (Å²) < 4.78 is 5.55. The largest absolute Gasteiger partial charge is 0.456 e. The van der Waals surface area contributed by atoms with Crippen LogP contribution in [0.2, 0.25) is 0 Å². The highest BCUT2D eigenvalue weighted by Crippen LogP contribution is 2.46. The number of primary amides is 1. The Balaban J connectivity index is 2.08. The van der Waals surface area contributed by atoms with E-state index in [0.29, 0.717) is 11.1 Å². The molecule has 0 radical (unpaired) electrons. The van der Waals surface area contributed by atoms with Gasteiger partial charge < -0.3 is 10.5 Å². The Morgan fingerprint density at radius 3 is 2.38 bits per heavy atom. The highest BCUT2D eigenvalue weighted by atomic mass is 16.5. The lowest BCUT2D eigenvalue weighted by atomic mass is 9.86. The number of Topliss-reactive ketones (excluding diaryl/α,β-unsaturated/α-hetero) is 1. The van der Waals surface area contributed by atoms with E-state index < -0.39 is 30.3 Å². The van der Waals surface area contributed by atoms with Gasteiger partial charge in [0.1, 0.15) is 12.5 Å². The van der Waals surface area contributed by atoms with E-state index in [0.717, 1.165) is 22.3 Å². The Morgan fingerprint density at radius 1 is 1.00 bits per heavy atom. The summed E-state index contributed by atoms with van der Waals surface area (Å²) in [5.74, 6) is -2.18. The zero-order valence-electron chi connectivity index (χ0n) is 15.0. The second kappa shape index (κ2) is 6.75. The molecule has 2 N–H and O–H groups in total. The number of amides is 1. The van der Waals surface area contributed by atoms with Crippen molar-refractivity contribution in [3.05, 3.63) is 69.8 Å². The molecule has 5 nitrogen and oxygen atoms in total. The van der Waals surface area contributed by atoms with Gasteiger partial charge in [-0.05, 0) is 43.0 Å². The molecule has 26 heavy (non-hydrogen) atoms. The fraction of sp³-hybridized carbons (Fsp3) is 0.286. The molecule has 1 aliphatic rings. The first-order valence-electron chi connectivity index (χ1n) is 8.49. The van der Waals surface area contributed by atoms with E-state index in [2.05, 4.69) is 0 Å². The lowest BCUT2D eigenvalue weighted by molar-refractivity contribution is -0.151. The number of benzene rings is 2. The Kier molecular flexibility index (Phi) is 4.64. The van der Waals surface area contributed by atoms with Crippen LogP contribution in [0, 0.1) is 20.8 Å². The zero-order chi connectivity index (χ0) is 19.0. The molecule has 0 saturated carbocycles. The highest BCUT2D eigenvalue weighted by Gasteiger charge is 2.43. The van der Waals surface area contributed by atoms with Crippen molar-refractivity contribution in [2.24, 2.45) is 5.73 Å². The summed E-state index contributed by atoms with van der Waals surface area (Å²) in [6.07, 6.45) is -1.27. The van der Waals surface area contributed by atoms with Crippen LogP contribution in [0.15, 0.2) is 36.4 Å². The molecule has 2 unspecified atom stereocenters. The Labute approximate surface area is 152 Å². The first-order valence-corrected chi connectivity index (χ1v) is 8.49. The average molecular weight is 351 g/mol. The van der Waals surface area contributed by atoms with E-state index in [1.165, 1.54) is 0 Å². The van der Waals surface area contributed by atoms with Crippen LogP contribution in [-0.2, 0) is 14.3 Å². The van der Waals surface area contributed by atoms with Crippen LogP contribution in [0.4, 0.5) is 0 Å². The van der Waals surface area contributed by atoms with Gasteiger partial charge in [0.2, 0.25) is 5.91 Å². The molecule has 0 aromatic heterocycles. The minimum Gasteiger partial charge on any atom is -0.456 e. The molecule has 0 heterocycles. The van der Waals surface area contributed by atoms with E-state index >= 15 is 0 Å². The molecule has 5 heteroatoms. The van der Waals surface area contributed by atoms with Gasteiger partial charge >= 0.3 is 5.97 Å². The Bertz CT molecular complexity index is 916. The first-order chi connectivity index (χ1) is 12.3. The van der Waals surface area contributed by atoms with Gasteiger partial charge in [-0.1, -0.05) is 36.4 Å². The topological polar surface area (TPSA) is 86.5 Å². The van der Waals surface area contributed by atoms with Crippen molar-refractivity contribution < 1.29 is 19.1 Å². The fourth-order valence-electron chi connectivity index (χ4n) is 3.53. The van der Waals surface area contributed by atoms with Crippen molar-refractivity contribution in [2.75, 3.05) is 0 Å². The summed E-state index contributed by atoms with van der Waals surface area (Å²) in [6.45, 7) is 5.99. The molecule has 2 aromatic rings. The lowest BCUT2D eigenvalue weighted by Gasteiger charge is -2.23. The zero-order valence-corrected chi connectivity index (χ0v) is 15.0. The monoisotopic (exact) mass is 351 g/mol. The maximum atomic E-state index is 13.1. The number of rotatable bonds is 4. The third kappa shape index (κ3) is 3.01. The van der Waals surface area contributed by atoms with Crippen molar-refractivity contribution >= 4 is 17.7 Å². The number of aryl methyl sites for hydroxylation is 1. The summed E-state index contributed by atoms with van der Waals surface area (Å²) in [6, 6.07) is 11.0. The fourth-order valence-corrected chi connectivity index (χ4v) is 3.53. The third-order valence-electron chi connectivity index (χ3n) is 5.13. The molecule has 1 amide bonds. The number of ketones is 1. The minimum absolute atomic E-state index is 0.0798. The van der Waals surface area contributed by atoms with Crippen molar-refractivity contribution in [3.8, 4) is 0 Å². The standard InChI is InChI=1S/C21H21NO4/c1-11-8-9-14(13(3)12(11)2)19-20(25)15-6-4-5-7-16(15)21(19)26-18(24)10-17(22)23/h4-9,19,21H,10H2,1-3H3,(H2,22,23). The number of carbonyl (C=O) groups is 3. The molecule has 3 rings (SSSR count). The van der Waals surface area contributed by atoms with Gasteiger partial charge in [0.05, 0.1) is 5.92 Å². The van der Waals surface area contributed by atoms with Gasteiger partial charge in [0, 0.05) is 11.1 Å². The van der Waals surface area contributed by atoms with Crippen molar-refractivity contribution in [2.45, 2.75) is 39.2 Å². The molecule has 2 atom stereocenters. The van der Waals surface area contributed by atoms with Gasteiger partial charge in [-0.2, -0.15) is 0 Å². The maximum absolute atomic E-state index is 13.1. The molecule has 0 saturated heterocycles. The second-order valence-electron chi connectivity index (χ2n) is 6.70. The molecule has 134 valence electrons. The molecular formula is C21H21NO4. The summed E-state index contributed by atoms with van der Waals surface area (Å²) in [7, 11) is 0. The van der Waals surface area contributed by atoms with Crippen molar-refractivity contribution in [3.63, 3.8) is 0 Å². The molecular weight excluding hydrogens is 330 g/mol. The molecule has 1 aliphatic carbocycles. The molecule has 2 aromatic carbocycles. The molecule has 0 spiro atoms. The SMILES string of the molecule is Cc1ccc(C2C(=O)c3ccccc3C2OC(=O)CC(N)=O)c(C)c1C. The van der Waals surface area contributed by atoms with E-state index in [-0.39, 0.29) is 5.78 Å². The van der Waals surface area contributed by atoms with Crippen LogP contribution in [0.25, 0.3) is 0 Å². The van der Waals surface area contributed by atoms with Gasteiger partial charge in [0.15, 0.2) is 5.78 Å². The van der Waals surface area contributed by atoms with E-state index in [1.54, 1.807) is 24.3 Å². The van der Waals surface area contributed by atoms with Gasteiger partial charge in [-0.3, -0.25) is 14.4 Å². The average Bonchev–Trinajstić information content (AvgIpc) is 2.85. The number of esters is 1. The number of carbonyl (C=O) groups excluding carboxylic acids is 3. The molecule has 0 fully saturated rings. The molecule has 0 aliphatic heterocycles. The number of nitrogens with two attached hydrogens (primary N) is 1. The van der Waals surface area contributed by atoms with E-state index in [9.17, 15) is 14.4 Å². The predicted octanol–water partition coefficient (Wildman–Crippen LogP) is 3.05. The van der Waals surface area contributed by atoms with Crippen molar-refractivity contribution in [1.82, 2.24) is 0 Å².